The highest BCUT2D eigenvalue weighted by atomic mass is 19.4. The molecule has 0 aliphatic carbocycles. The van der Waals surface area contributed by atoms with Gasteiger partial charge in [-0.2, -0.15) is 18.4 Å². The molecule has 0 spiro atoms. The fourth-order valence-electron chi connectivity index (χ4n) is 2.20. The SMILES string of the molecule is CCc1ncc(C#N)n1-c1cnc(CCC(F)(F)F)cc1OC. The van der Waals surface area contributed by atoms with Crippen LogP contribution >= 0.6 is 0 Å². The zero-order chi connectivity index (χ0) is 17.0. The van der Waals surface area contributed by atoms with E-state index in [4.69, 9.17) is 4.74 Å². The zero-order valence-corrected chi connectivity index (χ0v) is 12.7. The number of alkyl halides is 3. The van der Waals surface area contributed by atoms with Crippen molar-refractivity contribution in [1.82, 2.24) is 14.5 Å². The van der Waals surface area contributed by atoms with E-state index < -0.39 is 12.6 Å². The molecule has 2 aromatic heterocycles. The molecule has 23 heavy (non-hydrogen) atoms. The van der Waals surface area contributed by atoms with Gasteiger partial charge in [0.25, 0.3) is 0 Å². The van der Waals surface area contributed by atoms with Gasteiger partial charge in [-0.25, -0.2) is 4.98 Å². The van der Waals surface area contributed by atoms with Crippen LogP contribution in [0.5, 0.6) is 5.75 Å². The van der Waals surface area contributed by atoms with E-state index in [-0.39, 0.29) is 12.1 Å². The van der Waals surface area contributed by atoms with Crippen LogP contribution in [0.3, 0.4) is 0 Å². The van der Waals surface area contributed by atoms with E-state index in [1.165, 1.54) is 25.6 Å². The molecule has 122 valence electrons. The van der Waals surface area contributed by atoms with E-state index in [2.05, 4.69) is 9.97 Å². The minimum absolute atomic E-state index is 0.226. The van der Waals surface area contributed by atoms with E-state index in [1.54, 1.807) is 4.57 Å². The summed E-state index contributed by atoms with van der Waals surface area (Å²) in [5, 5.41) is 9.18. The Labute approximate surface area is 131 Å². The van der Waals surface area contributed by atoms with Crippen molar-refractivity contribution in [3.05, 3.63) is 35.7 Å². The molecule has 2 aromatic rings. The number of ether oxygens (including phenoxy) is 1. The predicted molar refractivity (Wildman–Crippen MR) is 76.4 cm³/mol. The van der Waals surface area contributed by atoms with Gasteiger partial charge in [-0.3, -0.25) is 9.55 Å². The second-order valence-corrected chi connectivity index (χ2v) is 4.82. The summed E-state index contributed by atoms with van der Waals surface area (Å²) in [6.45, 7) is 1.89. The molecule has 0 N–H and O–H groups in total. The van der Waals surface area contributed by atoms with Gasteiger partial charge in [0.05, 0.1) is 19.5 Å². The third-order valence-electron chi connectivity index (χ3n) is 3.29. The maximum Gasteiger partial charge on any atom is 0.389 e. The van der Waals surface area contributed by atoms with Crippen LogP contribution in [-0.4, -0.2) is 27.8 Å². The molecule has 0 amide bonds. The minimum atomic E-state index is -4.23. The second kappa shape index (κ2) is 6.69. The molecule has 5 nitrogen and oxygen atoms in total. The first kappa shape index (κ1) is 16.8. The maximum absolute atomic E-state index is 12.3. The Morgan fingerprint density at radius 3 is 2.61 bits per heavy atom. The normalized spacial score (nSPS) is 11.3. The average molecular weight is 324 g/mol. The number of nitriles is 1. The topological polar surface area (TPSA) is 63.7 Å². The molecule has 2 rings (SSSR count). The number of aryl methyl sites for hydroxylation is 2. The van der Waals surface area contributed by atoms with E-state index in [0.29, 0.717) is 29.4 Å². The van der Waals surface area contributed by atoms with Crippen molar-refractivity contribution < 1.29 is 17.9 Å². The van der Waals surface area contributed by atoms with Crippen molar-refractivity contribution in [2.24, 2.45) is 0 Å². The summed E-state index contributed by atoms with van der Waals surface area (Å²) in [6.07, 6.45) is -1.98. The molecule has 0 radical (unpaired) electrons. The molecule has 0 unspecified atom stereocenters. The lowest BCUT2D eigenvalue weighted by Gasteiger charge is -2.14. The molecular formula is C15H15F3N4O. The number of rotatable bonds is 5. The third kappa shape index (κ3) is 3.80. The number of aromatic nitrogens is 3. The molecule has 0 fully saturated rings. The smallest absolute Gasteiger partial charge is 0.389 e. The number of pyridine rings is 1. The Balaban J connectivity index is 2.41. The molecule has 0 saturated heterocycles. The summed E-state index contributed by atoms with van der Waals surface area (Å²) in [6, 6.07) is 3.49. The Morgan fingerprint density at radius 1 is 1.30 bits per heavy atom. The van der Waals surface area contributed by atoms with Gasteiger partial charge >= 0.3 is 6.18 Å². The van der Waals surface area contributed by atoms with Crippen LogP contribution in [-0.2, 0) is 12.8 Å². The highest BCUT2D eigenvalue weighted by Crippen LogP contribution is 2.28. The fourth-order valence-corrected chi connectivity index (χ4v) is 2.20. The van der Waals surface area contributed by atoms with Crippen LogP contribution in [0.1, 0.15) is 30.6 Å². The average Bonchev–Trinajstić information content (AvgIpc) is 2.94. The number of hydrogen-bond acceptors (Lipinski definition) is 4. The molecule has 8 heteroatoms. The number of hydrogen-bond donors (Lipinski definition) is 0. The lowest BCUT2D eigenvalue weighted by Crippen LogP contribution is -2.10. The van der Waals surface area contributed by atoms with Crippen molar-refractivity contribution >= 4 is 0 Å². The minimum Gasteiger partial charge on any atom is -0.494 e. The van der Waals surface area contributed by atoms with Crippen molar-refractivity contribution in [1.29, 1.82) is 5.26 Å². The monoisotopic (exact) mass is 324 g/mol. The largest absolute Gasteiger partial charge is 0.494 e. The van der Waals surface area contributed by atoms with Gasteiger partial charge in [0.2, 0.25) is 0 Å². The number of imidazole rings is 1. The zero-order valence-electron chi connectivity index (χ0n) is 12.7. The van der Waals surface area contributed by atoms with Gasteiger partial charge in [-0.05, 0) is 6.42 Å². The van der Waals surface area contributed by atoms with Crippen molar-refractivity contribution in [2.45, 2.75) is 32.4 Å². The lowest BCUT2D eigenvalue weighted by molar-refractivity contribution is -0.134. The summed E-state index contributed by atoms with van der Waals surface area (Å²) in [5.74, 6) is 0.992. The van der Waals surface area contributed by atoms with Gasteiger partial charge in [-0.1, -0.05) is 6.92 Å². The number of nitrogens with zero attached hydrogens (tertiary/aromatic N) is 4. The quantitative estimate of drug-likeness (QED) is 0.847. The second-order valence-electron chi connectivity index (χ2n) is 4.82. The van der Waals surface area contributed by atoms with Gasteiger partial charge in [-0.15, -0.1) is 0 Å². The Morgan fingerprint density at radius 2 is 2.04 bits per heavy atom. The first-order valence-electron chi connectivity index (χ1n) is 6.96. The summed E-state index contributed by atoms with van der Waals surface area (Å²) in [4.78, 5) is 8.22. The van der Waals surface area contributed by atoms with E-state index in [1.807, 2.05) is 13.0 Å². The molecule has 0 bridgehead atoms. The summed E-state index contributed by atoms with van der Waals surface area (Å²) >= 11 is 0. The molecular weight excluding hydrogens is 309 g/mol. The molecule has 0 atom stereocenters. The van der Waals surface area contributed by atoms with Crippen LogP contribution in [0.4, 0.5) is 13.2 Å². The van der Waals surface area contributed by atoms with Gasteiger partial charge in [0, 0.05) is 24.6 Å². The fraction of sp³-hybridized carbons (Fsp3) is 0.400. The predicted octanol–water partition coefficient (Wildman–Crippen LogP) is 3.20. The first-order chi connectivity index (χ1) is 10.9. The highest BCUT2D eigenvalue weighted by molar-refractivity contribution is 5.49. The van der Waals surface area contributed by atoms with Crippen molar-refractivity contribution in [3.8, 4) is 17.5 Å². The summed E-state index contributed by atoms with van der Waals surface area (Å²) in [5.41, 5.74) is 1.07. The summed E-state index contributed by atoms with van der Waals surface area (Å²) in [7, 11) is 1.42. The standard InChI is InChI=1S/C15H15F3N4O/c1-3-14-21-8-11(7-19)22(14)12-9-20-10(6-13(12)23-2)4-5-15(16,17)18/h6,8-9H,3-5H2,1-2H3. The van der Waals surface area contributed by atoms with E-state index >= 15 is 0 Å². The Bertz CT molecular complexity index is 731. The molecule has 0 aliphatic heterocycles. The third-order valence-corrected chi connectivity index (χ3v) is 3.29. The Kier molecular flexibility index (Phi) is 4.89. The van der Waals surface area contributed by atoms with Crippen LogP contribution < -0.4 is 4.74 Å². The lowest BCUT2D eigenvalue weighted by atomic mass is 10.2. The molecule has 2 heterocycles. The van der Waals surface area contributed by atoms with Gasteiger partial charge in [0.1, 0.15) is 29.0 Å². The van der Waals surface area contributed by atoms with E-state index in [9.17, 15) is 18.4 Å². The van der Waals surface area contributed by atoms with Crippen LogP contribution in [0.25, 0.3) is 5.69 Å². The van der Waals surface area contributed by atoms with Crippen molar-refractivity contribution in [2.75, 3.05) is 7.11 Å². The molecule has 0 aromatic carbocycles. The summed E-state index contributed by atoms with van der Waals surface area (Å²) < 4.78 is 43.8. The maximum atomic E-state index is 12.3. The van der Waals surface area contributed by atoms with E-state index in [0.717, 1.165) is 0 Å². The highest BCUT2D eigenvalue weighted by Gasteiger charge is 2.27. The molecule has 0 aliphatic rings. The van der Waals surface area contributed by atoms with Gasteiger partial charge < -0.3 is 4.74 Å². The number of halogens is 3. The van der Waals surface area contributed by atoms with Crippen LogP contribution in [0.2, 0.25) is 0 Å². The van der Waals surface area contributed by atoms with Crippen LogP contribution in [0.15, 0.2) is 18.5 Å². The Hall–Kier alpha value is -2.56. The molecule has 0 saturated carbocycles. The van der Waals surface area contributed by atoms with Crippen molar-refractivity contribution in [3.63, 3.8) is 0 Å². The number of methoxy groups -OCH3 is 1. The van der Waals surface area contributed by atoms with Crippen LogP contribution in [0, 0.1) is 11.3 Å². The van der Waals surface area contributed by atoms with Gasteiger partial charge in [0.15, 0.2) is 0 Å². The first-order valence-corrected chi connectivity index (χ1v) is 6.96.